The number of hydrogen-bond donors (Lipinski definition) is 1. The fourth-order valence-corrected chi connectivity index (χ4v) is 3.03. The number of nitrogens with zero attached hydrogens (tertiary/aromatic N) is 1. The summed E-state index contributed by atoms with van der Waals surface area (Å²) in [7, 11) is 0. The molecule has 3 rings (SSSR count). The van der Waals surface area contributed by atoms with Gasteiger partial charge in [0.05, 0.1) is 5.92 Å². The topological polar surface area (TPSA) is 76.1 Å². The molecule has 1 aromatic heterocycles. The molecule has 0 aliphatic carbocycles. The molecule has 0 saturated carbocycles. The molecule has 0 bridgehead atoms. The second kappa shape index (κ2) is 9.21. The van der Waals surface area contributed by atoms with Crippen LogP contribution in [0, 0.1) is 11.7 Å². The van der Waals surface area contributed by atoms with E-state index in [1.54, 1.807) is 36.4 Å². The summed E-state index contributed by atoms with van der Waals surface area (Å²) in [6.07, 6.45) is 2.01. The lowest BCUT2D eigenvalue weighted by atomic mass is 9.91. The summed E-state index contributed by atoms with van der Waals surface area (Å²) in [5, 5.41) is 3.11. The maximum atomic E-state index is 13.4. The molecule has 1 atom stereocenters. The average molecular weight is 411 g/mol. The van der Waals surface area contributed by atoms with Crippen molar-refractivity contribution in [1.82, 2.24) is 4.98 Å². The molecule has 0 aliphatic rings. The standard InChI is InChI=1S/C22H16ClFN2O3/c23-17-7-8-19(26-22(29)20-6-1-2-9-25-20)15(11-17)10-16(13-27)21(28)14-4-3-5-18(24)12-14/h1-9,11-13,16H,10H2,(H,26,29). The summed E-state index contributed by atoms with van der Waals surface area (Å²) < 4.78 is 13.4. The molecule has 0 aliphatic heterocycles. The zero-order valence-corrected chi connectivity index (χ0v) is 15.9. The normalized spacial score (nSPS) is 11.5. The molecule has 1 unspecified atom stereocenters. The molecule has 0 radical (unpaired) electrons. The third-order valence-electron chi connectivity index (χ3n) is 4.26. The lowest BCUT2D eigenvalue weighted by molar-refractivity contribution is -0.109. The molecule has 0 spiro atoms. The van der Waals surface area contributed by atoms with Crippen LogP contribution in [-0.4, -0.2) is 23.0 Å². The minimum atomic E-state index is -1.05. The van der Waals surface area contributed by atoms with Gasteiger partial charge in [-0.05, 0) is 54.4 Å². The monoisotopic (exact) mass is 410 g/mol. The third-order valence-corrected chi connectivity index (χ3v) is 4.50. The minimum Gasteiger partial charge on any atom is -0.320 e. The van der Waals surface area contributed by atoms with E-state index in [9.17, 15) is 18.8 Å². The lowest BCUT2D eigenvalue weighted by Gasteiger charge is -2.15. The Morgan fingerprint density at radius 2 is 1.93 bits per heavy atom. The zero-order valence-electron chi connectivity index (χ0n) is 15.1. The van der Waals surface area contributed by atoms with Gasteiger partial charge in [-0.3, -0.25) is 14.6 Å². The van der Waals surface area contributed by atoms with Crippen LogP contribution in [0.1, 0.15) is 26.4 Å². The number of aromatic nitrogens is 1. The maximum Gasteiger partial charge on any atom is 0.274 e. The highest BCUT2D eigenvalue weighted by Crippen LogP contribution is 2.25. The molecular formula is C22H16ClFN2O3. The number of pyridine rings is 1. The van der Waals surface area contributed by atoms with Gasteiger partial charge in [0.1, 0.15) is 17.8 Å². The minimum absolute atomic E-state index is 0.00274. The largest absolute Gasteiger partial charge is 0.320 e. The highest BCUT2D eigenvalue weighted by molar-refractivity contribution is 6.30. The predicted octanol–water partition coefficient (Wildman–Crippen LogP) is 4.37. The average Bonchev–Trinajstić information content (AvgIpc) is 2.73. The molecule has 0 fully saturated rings. The van der Waals surface area contributed by atoms with Gasteiger partial charge in [0.2, 0.25) is 0 Å². The second-order valence-electron chi connectivity index (χ2n) is 6.29. The van der Waals surface area contributed by atoms with Gasteiger partial charge >= 0.3 is 0 Å². The molecule has 3 aromatic rings. The van der Waals surface area contributed by atoms with E-state index in [2.05, 4.69) is 10.3 Å². The van der Waals surface area contributed by atoms with Crippen molar-refractivity contribution in [2.75, 3.05) is 5.32 Å². The van der Waals surface area contributed by atoms with Gasteiger partial charge in [-0.25, -0.2) is 4.39 Å². The highest BCUT2D eigenvalue weighted by atomic mass is 35.5. The van der Waals surface area contributed by atoms with Crippen LogP contribution in [0.15, 0.2) is 66.9 Å². The first kappa shape index (κ1) is 20.4. The summed E-state index contributed by atoms with van der Waals surface area (Å²) in [5.74, 6) is -2.57. The molecule has 1 N–H and O–H groups in total. The van der Waals surface area contributed by atoms with Crippen molar-refractivity contribution in [3.8, 4) is 0 Å². The molecule has 2 aromatic carbocycles. The molecule has 29 heavy (non-hydrogen) atoms. The number of benzene rings is 2. The van der Waals surface area contributed by atoms with Gasteiger partial charge in [0, 0.05) is 22.5 Å². The molecule has 5 nitrogen and oxygen atoms in total. The first-order valence-electron chi connectivity index (χ1n) is 8.74. The fraction of sp³-hybridized carbons (Fsp3) is 0.0909. The van der Waals surface area contributed by atoms with Crippen molar-refractivity contribution in [2.45, 2.75) is 6.42 Å². The number of nitrogens with one attached hydrogen (secondary N) is 1. The van der Waals surface area contributed by atoms with Crippen LogP contribution in [0.3, 0.4) is 0 Å². The molecule has 1 amide bonds. The molecule has 146 valence electrons. The first-order chi connectivity index (χ1) is 14.0. The quantitative estimate of drug-likeness (QED) is 0.356. The Kier molecular flexibility index (Phi) is 6.46. The third kappa shape index (κ3) is 5.12. The van der Waals surface area contributed by atoms with Crippen LogP contribution >= 0.6 is 11.6 Å². The maximum absolute atomic E-state index is 13.4. The van der Waals surface area contributed by atoms with Crippen molar-refractivity contribution < 1.29 is 18.8 Å². The van der Waals surface area contributed by atoms with Gasteiger partial charge in [-0.1, -0.05) is 29.8 Å². The van der Waals surface area contributed by atoms with E-state index in [4.69, 9.17) is 11.6 Å². The number of Topliss-reactive ketones (excluding diaryl/α,β-unsaturated/α-hetero) is 1. The van der Waals surface area contributed by atoms with E-state index >= 15 is 0 Å². The van der Waals surface area contributed by atoms with E-state index in [0.29, 0.717) is 22.6 Å². The Bertz CT molecular complexity index is 1060. The number of ketones is 1. The number of hydrogen-bond acceptors (Lipinski definition) is 4. The number of aldehydes is 1. The molecule has 0 saturated heterocycles. The van der Waals surface area contributed by atoms with Crippen molar-refractivity contribution in [1.29, 1.82) is 0 Å². The summed E-state index contributed by atoms with van der Waals surface area (Å²) in [6, 6.07) is 14.8. The SMILES string of the molecule is O=CC(Cc1cc(Cl)ccc1NC(=O)c1ccccn1)C(=O)c1cccc(F)c1. The number of halogens is 2. The molecular weight excluding hydrogens is 395 g/mol. The van der Waals surface area contributed by atoms with E-state index < -0.39 is 23.4 Å². The Morgan fingerprint density at radius 1 is 1.10 bits per heavy atom. The summed E-state index contributed by atoms with van der Waals surface area (Å²) >= 11 is 6.07. The van der Waals surface area contributed by atoms with Crippen molar-refractivity contribution in [2.24, 2.45) is 5.92 Å². The smallest absolute Gasteiger partial charge is 0.274 e. The van der Waals surface area contributed by atoms with Crippen LogP contribution in [0.2, 0.25) is 5.02 Å². The van der Waals surface area contributed by atoms with Crippen LogP contribution in [-0.2, 0) is 11.2 Å². The summed E-state index contributed by atoms with van der Waals surface area (Å²) in [5.41, 5.74) is 1.23. The van der Waals surface area contributed by atoms with Gasteiger partial charge in [0.15, 0.2) is 5.78 Å². The van der Waals surface area contributed by atoms with Gasteiger partial charge in [-0.15, -0.1) is 0 Å². The number of anilines is 1. The first-order valence-corrected chi connectivity index (χ1v) is 9.11. The number of carbonyl (C=O) groups excluding carboxylic acids is 3. The summed E-state index contributed by atoms with van der Waals surface area (Å²) in [4.78, 5) is 40.7. The van der Waals surface area contributed by atoms with Crippen molar-refractivity contribution in [3.05, 3.63) is 94.5 Å². The van der Waals surface area contributed by atoms with E-state index in [1.807, 2.05) is 0 Å². The second-order valence-corrected chi connectivity index (χ2v) is 6.73. The number of rotatable bonds is 7. The Hall–Kier alpha value is -3.38. The van der Waals surface area contributed by atoms with E-state index in [1.165, 1.54) is 24.4 Å². The predicted molar refractivity (Wildman–Crippen MR) is 108 cm³/mol. The van der Waals surface area contributed by atoms with Crippen LogP contribution < -0.4 is 5.32 Å². The zero-order chi connectivity index (χ0) is 20.8. The van der Waals surface area contributed by atoms with Gasteiger partial charge in [-0.2, -0.15) is 0 Å². The summed E-state index contributed by atoms with van der Waals surface area (Å²) in [6.45, 7) is 0. The van der Waals surface area contributed by atoms with Crippen molar-refractivity contribution >= 4 is 35.3 Å². The Labute approximate surface area is 171 Å². The van der Waals surface area contributed by atoms with Crippen LogP contribution in [0.4, 0.5) is 10.1 Å². The van der Waals surface area contributed by atoms with Crippen molar-refractivity contribution in [3.63, 3.8) is 0 Å². The number of carbonyl (C=O) groups is 3. The van der Waals surface area contributed by atoms with Gasteiger partial charge < -0.3 is 10.1 Å². The number of amides is 1. The lowest BCUT2D eigenvalue weighted by Crippen LogP contribution is -2.21. The van der Waals surface area contributed by atoms with E-state index in [0.717, 1.165) is 6.07 Å². The Balaban J connectivity index is 1.85. The Morgan fingerprint density at radius 3 is 2.62 bits per heavy atom. The van der Waals surface area contributed by atoms with E-state index in [-0.39, 0.29) is 17.7 Å². The molecule has 1 heterocycles. The van der Waals surface area contributed by atoms with Crippen LogP contribution in [0.25, 0.3) is 0 Å². The molecule has 7 heteroatoms. The van der Waals surface area contributed by atoms with Gasteiger partial charge in [0.25, 0.3) is 5.91 Å². The fourth-order valence-electron chi connectivity index (χ4n) is 2.83. The van der Waals surface area contributed by atoms with Crippen LogP contribution in [0.5, 0.6) is 0 Å². The highest BCUT2D eigenvalue weighted by Gasteiger charge is 2.22.